The van der Waals surface area contributed by atoms with E-state index in [2.05, 4.69) is 15.3 Å². The Morgan fingerprint density at radius 3 is 2.72 bits per heavy atom. The Kier molecular flexibility index (Phi) is 3.39. The summed E-state index contributed by atoms with van der Waals surface area (Å²) in [7, 11) is 1.49. The Balaban J connectivity index is 2.53. The first kappa shape index (κ1) is 12.7. The van der Waals surface area contributed by atoms with Crippen LogP contribution in [0.15, 0.2) is 0 Å². The molecule has 0 unspecified atom stereocenters. The second-order valence-corrected chi connectivity index (χ2v) is 4.85. The SMILES string of the molecule is COCc1c(C(=O)O)nnn1-c1nc(C)c(C)s1. The lowest BCUT2D eigenvalue weighted by Crippen LogP contribution is -2.07. The maximum absolute atomic E-state index is 11.0. The van der Waals surface area contributed by atoms with Crippen LogP contribution < -0.4 is 0 Å². The smallest absolute Gasteiger partial charge is 0.358 e. The number of ether oxygens (including phenoxy) is 1. The van der Waals surface area contributed by atoms with Crippen molar-refractivity contribution in [1.29, 1.82) is 0 Å². The van der Waals surface area contributed by atoms with Gasteiger partial charge in [0.15, 0.2) is 5.69 Å². The van der Waals surface area contributed by atoms with Crippen molar-refractivity contribution in [1.82, 2.24) is 20.0 Å². The molecule has 1 N–H and O–H groups in total. The Labute approximate surface area is 107 Å². The van der Waals surface area contributed by atoms with E-state index in [0.29, 0.717) is 10.8 Å². The van der Waals surface area contributed by atoms with E-state index < -0.39 is 5.97 Å². The maximum atomic E-state index is 11.0. The summed E-state index contributed by atoms with van der Waals surface area (Å²) in [5, 5.41) is 17.1. The molecule has 2 aromatic rings. The van der Waals surface area contributed by atoms with Gasteiger partial charge < -0.3 is 9.84 Å². The fraction of sp³-hybridized carbons (Fsp3) is 0.400. The summed E-state index contributed by atoms with van der Waals surface area (Å²) in [5.74, 6) is -1.13. The molecule has 0 aliphatic rings. The molecule has 7 nitrogen and oxygen atoms in total. The van der Waals surface area contributed by atoms with Gasteiger partial charge in [0.1, 0.15) is 5.69 Å². The highest BCUT2D eigenvalue weighted by atomic mass is 32.1. The number of carboxylic acid groups (broad SMARTS) is 1. The van der Waals surface area contributed by atoms with Gasteiger partial charge in [0.25, 0.3) is 0 Å². The minimum atomic E-state index is -1.13. The zero-order valence-corrected chi connectivity index (χ0v) is 11.0. The van der Waals surface area contributed by atoms with Crippen LogP contribution in [0.2, 0.25) is 0 Å². The van der Waals surface area contributed by atoms with Crippen LogP contribution in [0, 0.1) is 13.8 Å². The predicted molar refractivity (Wildman–Crippen MR) is 64.2 cm³/mol. The van der Waals surface area contributed by atoms with E-state index in [9.17, 15) is 4.79 Å². The number of methoxy groups -OCH3 is 1. The number of hydrogen-bond acceptors (Lipinski definition) is 6. The predicted octanol–water partition coefficient (Wildman–Crippen LogP) is 1.19. The number of carboxylic acids is 1. The highest BCUT2D eigenvalue weighted by molar-refractivity contribution is 7.14. The van der Waals surface area contributed by atoms with Crippen LogP contribution in [0.3, 0.4) is 0 Å². The van der Waals surface area contributed by atoms with Gasteiger partial charge in [-0.05, 0) is 13.8 Å². The number of aryl methyl sites for hydroxylation is 2. The van der Waals surface area contributed by atoms with Gasteiger partial charge in [0.05, 0.1) is 12.3 Å². The Bertz CT molecular complexity index is 570. The second kappa shape index (κ2) is 4.83. The Morgan fingerprint density at radius 2 is 2.22 bits per heavy atom. The number of aromatic nitrogens is 4. The first-order valence-corrected chi connectivity index (χ1v) is 5.97. The third-order valence-corrected chi connectivity index (χ3v) is 3.49. The molecule has 2 heterocycles. The first-order chi connectivity index (χ1) is 8.54. The van der Waals surface area contributed by atoms with E-state index in [0.717, 1.165) is 10.6 Å². The molecule has 0 fully saturated rings. The molecule has 0 aliphatic heterocycles. The van der Waals surface area contributed by atoms with Crippen molar-refractivity contribution in [2.75, 3.05) is 7.11 Å². The van der Waals surface area contributed by atoms with Crippen molar-refractivity contribution in [2.45, 2.75) is 20.5 Å². The van der Waals surface area contributed by atoms with Crippen LogP contribution >= 0.6 is 11.3 Å². The quantitative estimate of drug-likeness (QED) is 0.895. The van der Waals surface area contributed by atoms with Gasteiger partial charge >= 0.3 is 5.97 Å². The fourth-order valence-electron chi connectivity index (χ4n) is 1.43. The summed E-state index contributed by atoms with van der Waals surface area (Å²) < 4.78 is 6.40. The van der Waals surface area contributed by atoms with E-state index in [1.807, 2.05) is 13.8 Å². The number of carbonyl (C=O) groups is 1. The average molecular weight is 268 g/mol. The average Bonchev–Trinajstić information content (AvgIpc) is 2.84. The zero-order chi connectivity index (χ0) is 13.3. The third kappa shape index (κ3) is 2.12. The van der Waals surface area contributed by atoms with E-state index in [1.165, 1.54) is 23.1 Å². The van der Waals surface area contributed by atoms with Crippen LogP contribution in [-0.2, 0) is 11.3 Å². The van der Waals surface area contributed by atoms with Crippen molar-refractivity contribution in [3.05, 3.63) is 22.0 Å². The van der Waals surface area contributed by atoms with E-state index >= 15 is 0 Å². The molecule has 18 heavy (non-hydrogen) atoms. The normalized spacial score (nSPS) is 10.8. The third-order valence-electron chi connectivity index (χ3n) is 2.45. The Morgan fingerprint density at radius 1 is 1.50 bits per heavy atom. The minimum absolute atomic E-state index is 0.109. The summed E-state index contributed by atoms with van der Waals surface area (Å²) in [4.78, 5) is 16.4. The summed E-state index contributed by atoms with van der Waals surface area (Å²) in [6.07, 6.45) is 0. The van der Waals surface area contributed by atoms with Crippen LogP contribution in [0.25, 0.3) is 5.13 Å². The van der Waals surface area contributed by atoms with Crippen LogP contribution in [0.5, 0.6) is 0 Å². The standard InChI is InChI=1S/C10H12N4O3S/c1-5-6(2)18-10(11-5)14-7(4-17-3)8(9(15)16)12-13-14/h4H2,1-3H3,(H,15,16). The lowest BCUT2D eigenvalue weighted by molar-refractivity contribution is 0.0685. The molecular formula is C10H12N4O3S. The highest BCUT2D eigenvalue weighted by Gasteiger charge is 2.21. The van der Waals surface area contributed by atoms with E-state index in [-0.39, 0.29) is 12.3 Å². The topological polar surface area (TPSA) is 90.1 Å². The molecular weight excluding hydrogens is 256 g/mol. The Hall–Kier alpha value is -1.80. The molecule has 0 radical (unpaired) electrons. The zero-order valence-electron chi connectivity index (χ0n) is 10.2. The van der Waals surface area contributed by atoms with Crippen molar-refractivity contribution in [3.63, 3.8) is 0 Å². The number of thiazole rings is 1. The molecule has 0 saturated heterocycles. The minimum Gasteiger partial charge on any atom is -0.476 e. The van der Waals surface area contributed by atoms with Gasteiger partial charge in [-0.2, -0.15) is 4.68 Å². The van der Waals surface area contributed by atoms with Gasteiger partial charge in [0, 0.05) is 12.0 Å². The number of nitrogens with zero attached hydrogens (tertiary/aromatic N) is 4. The molecule has 8 heteroatoms. The van der Waals surface area contributed by atoms with Crippen LogP contribution in [-0.4, -0.2) is 38.2 Å². The van der Waals surface area contributed by atoms with E-state index in [4.69, 9.17) is 9.84 Å². The summed E-state index contributed by atoms with van der Waals surface area (Å²) >= 11 is 1.43. The monoisotopic (exact) mass is 268 g/mol. The fourth-order valence-corrected chi connectivity index (χ4v) is 2.32. The van der Waals surface area contributed by atoms with Crippen LogP contribution in [0.4, 0.5) is 0 Å². The molecule has 96 valence electrons. The van der Waals surface area contributed by atoms with Crippen LogP contribution in [0.1, 0.15) is 26.8 Å². The number of aromatic carboxylic acids is 1. The molecule has 0 saturated carbocycles. The van der Waals surface area contributed by atoms with Crippen molar-refractivity contribution >= 4 is 17.3 Å². The molecule has 2 aromatic heterocycles. The molecule has 2 rings (SSSR count). The number of hydrogen-bond donors (Lipinski definition) is 1. The van der Waals surface area contributed by atoms with Gasteiger partial charge in [-0.15, -0.1) is 5.10 Å². The lowest BCUT2D eigenvalue weighted by atomic mass is 10.3. The largest absolute Gasteiger partial charge is 0.476 e. The van der Waals surface area contributed by atoms with Gasteiger partial charge in [0.2, 0.25) is 5.13 Å². The maximum Gasteiger partial charge on any atom is 0.358 e. The molecule has 0 aliphatic carbocycles. The highest BCUT2D eigenvalue weighted by Crippen LogP contribution is 2.22. The van der Waals surface area contributed by atoms with E-state index in [1.54, 1.807) is 0 Å². The molecule has 0 bridgehead atoms. The summed E-state index contributed by atoms with van der Waals surface area (Å²) in [6.45, 7) is 3.95. The lowest BCUT2D eigenvalue weighted by Gasteiger charge is -2.02. The summed E-state index contributed by atoms with van der Waals surface area (Å²) in [5.41, 5.74) is 1.17. The molecule has 0 aromatic carbocycles. The van der Waals surface area contributed by atoms with Crippen molar-refractivity contribution in [2.24, 2.45) is 0 Å². The van der Waals surface area contributed by atoms with Crippen molar-refractivity contribution in [3.8, 4) is 5.13 Å². The number of rotatable bonds is 4. The van der Waals surface area contributed by atoms with Gasteiger partial charge in [-0.1, -0.05) is 16.6 Å². The summed E-state index contributed by atoms with van der Waals surface area (Å²) in [6, 6.07) is 0. The molecule has 0 atom stereocenters. The first-order valence-electron chi connectivity index (χ1n) is 5.15. The van der Waals surface area contributed by atoms with Gasteiger partial charge in [-0.3, -0.25) is 0 Å². The van der Waals surface area contributed by atoms with Crippen molar-refractivity contribution < 1.29 is 14.6 Å². The second-order valence-electron chi connectivity index (χ2n) is 3.67. The molecule has 0 spiro atoms. The molecule has 0 amide bonds. The van der Waals surface area contributed by atoms with Gasteiger partial charge in [-0.25, -0.2) is 9.78 Å².